The van der Waals surface area contributed by atoms with Gasteiger partial charge in [-0.15, -0.1) is 0 Å². The van der Waals surface area contributed by atoms with Crippen molar-refractivity contribution < 1.29 is 9.53 Å². The van der Waals surface area contributed by atoms with Gasteiger partial charge in [0.25, 0.3) is 0 Å². The number of carbonyl (C=O) groups excluding carboxylic acids is 1. The molecule has 2 unspecified atom stereocenters. The van der Waals surface area contributed by atoms with Crippen LogP contribution >= 0.6 is 0 Å². The van der Waals surface area contributed by atoms with E-state index in [4.69, 9.17) is 10.00 Å². The summed E-state index contributed by atoms with van der Waals surface area (Å²) in [6.45, 7) is 1.95. The van der Waals surface area contributed by atoms with Crippen LogP contribution in [-0.4, -0.2) is 28.0 Å². The highest BCUT2D eigenvalue weighted by atomic mass is 16.5. The summed E-state index contributed by atoms with van der Waals surface area (Å²) in [6, 6.07) is 10.7. The summed E-state index contributed by atoms with van der Waals surface area (Å²) in [5, 5.41) is 15.1. The molecule has 2 N–H and O–H groups in total. The van der Waals surface area contributed by atoms with Gasteiger partial charge in [-0.2, -0.15) is 10.2 Å². The van der Waals surface area contributed by atoms with Gasteiger partial charge >= 0.3 is 0 Å². The van der Waals surface area contributed by atoms with Gasteiger partial charge < -0.3 is 15.4 Å². The van der Waals surface area contributed by atoms with E-state index in [2.05, 4.69) is 26.7 Å². The summed E-state index contributed by atoms with van der Waals surface area (Å²) >= 11 is 0. The maximum absolute atomic E-state index is 11.4. The van der Waals surface area contributed by atoms with Gasteiger partial charge in [0.15, 0.2) is 0 Å². The van der Waals surface area contributed by atoms with Gasteiger partial charge in [-0.1, -0.05) is 6.07 Å². The summed E-state index contributed by atoms with van der Waals surface area (Å²) in [5.41, 5.74) is 0.520. The fraction of sp³-hybridized carbons (Fsp3) is 0.294. The van der Waals surface area contributed by atoms with Crippen molar-refractivity contribution in [2.24, 2.45) is 0 Å². The highest BCUT2D eigenvalue weighted by molar-refractivity contribution is 5.77. The highest BCUT2D eigenvalue weighted by Crippen LogP contribution is 2.21. The molecule has 122 valence electrons. The Morgan fingerprint density at radius 3 is 3.08 bits per heavy atom. The van der Waals surface area contributed by atoms with Gasteiger partial charge in [0.05, 0.1) is 11.6 Å². The number of ether oxygens (including phenoxy) is 1. The van der Waals surface area contributed by atoms with Crippen LogP contribution in [0.3, 0.4) is 0 Å². The van der Waals surface area contributed by atoms with Crippen molar-refractivity contribution in [1.82, 2.24) is 15.3 Å². The molecule has 1 amide bonds. The molecule has 0 saturated carbocycles. The Morgan fingerprint density at radius 1 is 1.42 bits per heavy atom. The molecule has 1 aliphatic rings. The van der Waals surface area contributed by atoms with Crippen molar-refractivity contribution in [3.63, 3.8) is 0 Å². The lowest BCUT2D eigenvalue weighted by Gasteiger charge is -2.30. The van der Waals surface area contributed by atoms with Crippen LogP contribution in [0.5, 0.6) is 11.6 Å². The van der Waals surface area contributed by atoms with Gasteiger partial charge in [-0.3, -0.25) is 4.79 Å². The maximum Gasteiger partial charge on any atom is 0.226 e. The Kier molecular flexibility index (Phi) is 4.57. The smallest absolute Gasteiger partial charge is 0.226 e. The number of aromatic nitrogens is 2. The largest absolute Gasteiger partial charge is 0.439 e. The molecule has 3 rings (SSSR count). The standard InChI is InChI=1S/C17H17N5O2/c1-11-14(5-6-15(23)20-11)21-17-19-8-7-16(22-17)24-13-4-2-3-12(9-13)10-18/h2-4,7-9,11,14H,5-6H2,1H3,(H,20,23)(H,19,21,22). The molecule has 2 atom stereocenters. The number of hydrogen-bond acceptors (Lipinski definition) is 6. The highest BCUT2D eigenvalue weighted by Gasteiger charge is 2.25. The number of nitriles is 1. The first-order valence-electron chi connectivity index (χ1n) is 7.71. The zero-order chi connectivity index (χ0) is 16.9. The molecule has 1 aliphatic heterocycles. The molecule has 2 heterocycles. The average molecular weight is 323 g/mol. The van der Waals surface area contributed by atoms with Crippen molar-refractivity contribution in [3.8, 4) is 17.7 Å². The lowest BCUT2D eigenvalue weighted by atomic mass is 10.00. The number of anilines is 1. The zero-order valence-corrected chi connectivity index (χ0v) is 13.2. The molecular weight excluding hydrogens is 306 g/mol. The first-order valence-corrected chi connectivity index (χ1v) is 7.71. The van der Waals surface area contributed by atoms with Crippen LogP contribution in [0, 0.1) is 11.3 Å². The molecule has 1 fully saturated rings. The maximum atomic E-state index is 11.4. The Labute approximate surface area is 139 Å². The predicted octanol–water partition coefficient (Wildman–Crippen LogP) is 2.22. The second kappa shape index (κ2) is 6.96. The zero-order valence-electron chi connectivity index (χ0n) is 13.2. The van der Waals surface area contributed by atoms with E-state index in [-0.39, 0.29) is 18.0 Å². The van der Waals surface area contributed by atoms with E-state index in [0.717, 1.165) is 6.42 Å². The van der Waals surface area contributed by atoms with Crippen LogP contribution < -0.4 is 15.4 Å². The van der Waals surface area contributed by atoms with E-state index >= 15 is 0 Å². The third-order valence-electron chi connectivity index (χ3n) is 3.80. The first kappa shape index (κ1) is 15.7. The summed E-state index contributed by atoms with van der Waals surface area (Å²) in [7, 11) is 0. The van der Waals surface area contributed by atoms with Crippen molar-refractivity contribution >= 4 is 11.9 Å². The molecule has 7 nitrogen and oxygen atoms in total. The number of piperidine rings is 1. The minimum atomic E-state index is 0.00624. The minimum absolute atomic E-state index is 0.00624. The second-order valence-corrected chi connectivity index (χ2v) is 5.61. The summed E-state index contributed by atoms with van der Waals surface area (Å²) in [6.07, 6.45) is 2.82. The lowest BCUT2D eigenvalue weighted by molar-refractivity contribution is -0.123. The van der Waals surface area contributed by atoms with E-state index in [1.807, 2.05) is 6.92 Å². The van der Waals surface area contributed by atoms with Crippen LogP contribution in [-0.2, 0) is 4.79 Å². The van der Waals surface area contributed by atoms with E-state index in [1.54, 1.807) is 36.5 Å². The Balaban J connectivity index is 1.70. The number of nitrogens with zero attached hydrogens (tertiary/aromatic N) is 3. The van der Waals surface area contributed by atoms with Crippen molar-refractivity contribution in [2.45, 2.75) is 31.8 Å². The monoisotopic (exact) mass is 323 g/mol. The Hall–Kier alpha value is -3.14. The van der Waals surface area contributed by atoms with E-state index in [1.165, 1.54) is 0 Å². The van der Waals surface area contributed by atoms with Crippen LogP contribution in [0.4, 0.5) is 5.95 Å². The fourth-order valence-corrected chi connectivity index (χ4v) is 2.54. The number of rotatable bonds is 4. The van der Waals surface area contributed by atoms with Gasteiger partial charge in [0.2, 0.25) is 17.7 Å². The first-order chi connectivity index (χ1) is 11.6. The number of carbonyl (C=O) groups is 1. The Bertz CT molecular complexity index is 787. The van der Waals surface area contributed by atoms with Gasteiger partial charge in [-0.05, 0) is 31.5 Å². The molecule has 2 aromatic rings. The molecule has 24 heavy (non-hydrogen) atoms. The number of nitrogens with one attached hydrogen (secondary N) is 2. The van der Waals surface area contributed by atoms with E-state index < -0.39 is 0 Å². The van der Waals surface area contributed by atoms with Crippen molar-refractivity contribution in [1.29, 1.82) is 5.26 Å². The normalized spacial score (nSPS) is 19.9. The molecule has 0 aliphatic carbocycles. The lowest BCUT2D eigenvalue weighted by Crippen LogP contribution is -2.49. The summed E-state index contributed by atoms with van der Waals surface area (Å²) in [4.78, 5) is 19.9. The summed E-state index contributed by atoms with van der Waals surface area (Å²) < 4.78 is 5.68. The predicted molar refractivity (Wildman–Crippen MR) is 87.5 cm³/mol. The molecule has 0 bridgehead atoms. The summed E-state index contributed by atoms with van der Waals surface area (Å²) in [5.74, 6) is 1.43. The minimum Gasteiger partial charge on any atom is -0.439 e. The van der Waals surface area contributed by atoms with Crippen LogP contribution in [0.1, 0.15) is 25.3 Å². The molecule has 1 saturated heterocycles. The van der Waals surface area contributed by atoms with E-state index in [9.17, 15) is 4.79 Å². The fourth-order valence-electron chi connectivity index (χ4n) is 2.54. The van der Waals surface area contributed by atoms with Crippen LogP contribution in [0.2, 0.25) is 0 Å². The molecule has 7 heteroatoms. The molecule has 0 spiro atoms. The SMILES string of the molecule is CC1NC(=O)CCC1Nc1nccc(Oc2cccc(C#N)c2)n1. The molecule has 1 aromatic heterocycles. The van der Waals surface area contributed by atoms with Crippen LogP contribution in [0.15, 0.2) is 36.5 Å². The third kappa shape index (κ3) is 3.79. The quantitative estimate of drug-likeness (QED) is 0.895. The van der Waals surface area contributed by atoms with Crippen molar-refractivity contribution in [2.75, 3.05) is 5.32 Å². The van der Waals surface area contributed by atoms with Crippen molar-refractivity contribution in [3.05, 3.63) is 42.1 Å². The molecular formula is C17H17N5O2. The topological polar surface area (TPSA) is 99.9 Å². The van der Waals surface area contributed by atoms with Gasteiger partial charge in [-0.25, -0.2) is 4.98 Å². The number of amides is 1. The molecule has 0 radical (unpaired) electrons. The van der Waals surface area contributed by atoms with Gasteiger partial charge in [0, 0.05) is 30.8 Å². The second-order valence-electron chi connectivity index (χ2n) is 5.61. The number of benzene rings is 1. The molecule has 1 aromatic carbocycles. The van der Waals surface area contributed by atoms with Crippen LogP contribution in [0.25, 0.3) is 0 Å². The number of hydrogen-bond donors (Lipinski definition) is 2. The van der Waals surface area contributed by atoms with E-state index in [0.29, 0.717) is 29.6 Å². The van der Waals surface area contributed by atoms with Gasteiger partial charge in [0.1, 0.15) is 5.75 Å². The Morgan fingerprint density at radius 2 is 2.29 bits per heavy atom. The third-order valence-corrected chi connectivity index (χ3v) is 3.80. The average Bonchev–Trinajstić information content (AvgIpc) is 2.58.